The van der Waals surface area contributed by atoms with Gasteiger partial charge in [-0.15, -0.1) is 0 Å². The Morgan fingerprint density at radius 1 is 1.00 bits per heavy atom. The first-order valence-electron chi connectivity index (χ1n) is 12.1. The van der Waals surface area contributed by atoms with Crippen molar-refractivity contribution >= 4 is 17.5 Å². The number of aromatic nitrogens is 1. The van der Waals surface area contributed by atoms with Gasteiger partial charge in [-0.05, 0) is 60.5 Å². The first kappa shape index (κ1) is 28.1. The quantitative estimate of drug-likeness (QED) is 0.218. The van der Waals surface area contributed by atoms with Crippen molar-refractivity contribution in [1.82, 2.24) is 10.3 Å². The van der Waals surface area contributed by atoms with E-state index in [4.69, 9.17) is 16.3 Å². The summed E-state index contributed by atoms with van der Waals surface area (Å²) in [4.78, 5) is 18.1. The minimum absolute atomic E-state index is 0.0984. The average molecular weight is 557 g/mol. The molecule has 4 nitrogen and oxygen atoms in total. The summed E-state index contributed by atoms with van der Waals surface area (Å²) in [5.41, 5.74) is -1.28. The van der Waals surface area contributed by atoms with Crippen molar-refractivity contribution in [2.75, 3.05) is 6.61 Å². The molecule has 202 valence electrons. The van der Waals surface area contributed by atoms with Crippen LogP contribution in [0.4, 0.5) is 17.6 Å². The maximum absolute atomic E-state index is 14.9. The van der Waals surface area contributed by atoms with E-state index in [-0.39, 0.29) is 24.3 Å². The number of carbonyl (C=O) groups excluding carboxylic acids is 1. The Morgan fingerprint density at radius 2 is 1.74 bits per heavy atom. The lowest BCUT2D eigenvalue weighted by Gasteiger charge is -2.36. The number of pyridine rings is 1. The minimum Gasteiger partial charge on any atom is -0.494 e. The molecule has 0 saturated carbocycles. The SMILES string of the molecule is CCOc1cc(F)cc([C@](Cc2ccccc2)(NC(=O)c2ccc(F)c(C(C)(F)F)c2)c2ccc(Cl)cn2)c1. The average Bonchev–Trinajstić information content (AvgIpc) is 2.88. The molecule has 1 aromatic heterocycles. The zero-order chi connectivity index (χ0) is 28.2. The van der Waals surface area contributed by atoms with Crippen LogP contribution in [-0.4, -0.2) is 17.5 Å². The molecule has 1 N–H and O–H groups in total. The summed E-state index contributed by atoms with van der Waals surface area (Å²) >= 11 is 6.10. The topological polar surface area (TPSA) is 51.2 Å². The predicted octanol–water partition coefficient (Wildman–Crippen LogP) is 7.44. The van der Waals surface area contributed by atoms with Crippen LogP contribution in [0.2, 0.25) is 5.02 Å². The van der Waals surface area contributed by atoms with Gasteiger partial charge in [0.15, 0.2) is 0 Å². The van der Waals surface area contributed by atoms with Crippen LogP contribution < -0.4 is 10.1 Å². The van der Waals surface area contributed by atoms with Crippen molar-refractivity contribution in [2.45, 2.75) is 31.7 Å². The number of benzene rings is 3. The lowest BCUT2D eigenvalue weighted by atomic mass is 9.80. The molecule has 9 heteroatoms. The van der Waals surface area contributed by atoms with Gasteiger partial charge < -0.3 is 10.1 Å². The molecule has 0 aliphatic rings. The number of amides is 1. The molecule has 0 unspecified atom stereocenters. The van der Waals surface area contributed by atoms with E-state index in [2.05, 4.69) is 10.3 Å². The van der Waals surface area contributed by atoms with Crippen LogP contribution in [0, 0.1) is 11.6 Å². The Kier molecular flexibility index (Phi) is 8.25. The number of nitrogens with one attached hydrogen (secondary N) is 1. The fourth-order valence-electron chi connectivity index (χ4n) is 4.38. The third-order valence-corrected chi connectivity index (χ3v) is 6.40. The fourth-order valence-corrected chi connectivity index (χ4v) is 4.49. The fraction of sp³-hybridized carbons (Fsp3) is 0.200. The highest BCUT2D eigenvalue weighted by molar-refractivity contribution is 6.30. The summed E-state index contributed by atoms with van der Waals surface area (Å²) in [7, 11) is 0. The van der Waals surface area contributed by atoms with Crippen LogP contribution in [0.15, 0.2) is 85.1 Å². The third kappa shape index (κ3) is 6.40. The molecule has 1 atom stereocenters. The standard InChI is InChI=1S/C30H25ClF4N2O2/c1-3-39-24-15-21(14-23(32)16-24)30(17-19-7-5-4-6-8-19,27-12-10-22(31)18-36-27)37-28(38)20-9-11-26(33)25(13-20)29(2,34)35/h4-16,18H,3,17H2,1-2H3,(H,37,38)/t30-/m0/s1. The smallest absolute Gasteiger partial charge is 0.273 e. The van der Waals surface area contributed by atoms with Gasteiger partial charge >= 0.3 is 0 Å². The molecule has 0 aliphatic carbocycles. The molecule has 4 rings (SSSR count). The van der Waals surface area contributed by atoms with Gasteiger partial charge in [-0.25, -0.2) is 17.6 Å². The summed E-state index contributed by atoms with van der Waals surface area (Å²) in [6.45, 7) is 2.57. The van der Waals surface area contributed by atoms with Crippen LogP contribution in [0.1, 0.15) is 46.6 Å². The minimum atomic E-state index is -3.52. The van der Waals surface area contributed by atoms with E-state index in [1.807, 2.05) is 30.3 Å². The number of halogens is 5. The first-order valence-corrected chi connectivity index (χ1v) is 12.5. The Bertz CT molecular complexity index is 1460. The van der Waals surface area contributed by atoms with Gasteiger partial charge in [-0.1, -0.05) is 41.9 Å². The molecule has 0 saturated heterocycles. The Balaban J connectivity index is 1.94. The Labute approximate surface area is 228 Å². The van der Waals surface area contributed by atoms with Gasteiger partial charge in [0, 0.05) is 31.2 Å². The number of alkyl halides is 2. The van der Waals surface area contributed by atoms with Crippen molar-refractivity contribution in [3.8, 4) is 5.75 Å². The molecular formula is C30H25ClF4N2O2. The van der Waals surface area contributed by atoms with Gasteiger partial charge in [0.1, 0.15) is 22.9 Å². The van der Waals surface area contributed by atoms with Crippen molar-refractivity contribution in [3.05, 3.63) is 130 Å². The molecule has 0 bridgehead atoms. The van der Waals surface area contributed by atoms with E-state index in [1.54, 1.807) is 25.1 Å². The second-order valence-electron chi connectivity index (χ2n) is 9.08. The monoisotopic (exact) mass is 556 g/mol. The van der Waals surface area contributed by atoms with Gasteiger partial charge in [0.05, 0.1) is 22.9 Å². The van der Waals surface area contributed by atoms with E-state index in [1.165, 1.54) is 18.3 Å². The molecule has 1 heterocycles. The Hall–Kier alpha value is -3.91. The number of rotatable bonds is 9. The Morgan fingerprint density at radius 3 is 2.38 bits per heavy atom. The highest BCUT2D eigenvalue weighted by Crippen LogP contribution is 2.36. The van der Waals surface area contributed by atoms with Crippen molar-refractivity contribution in [3.63, 3.8) is 0 Å². The molecule has 39 heavy (non-hydrogen) atoms. The normalized spacial score (nSPS) is 13.0. The molecule has 0 radical (unpaired) electrons. The molecule has 0 spiro atoms. The maximum Gasteiger partial charge on any atom is 0.273 e. The van der Waals surface area contributed by atoms with Crippen LogP contribution in [0.3, 0.4) is 0 Å². The number of ether oxygens (including phenoxy) is 1. The van der Waals surface area contributed by atoms with E-state index in [9.17, 15) is 22.4 Å². The lowest BCUT2D eigenvalue weighted by Crippen LogP contribution is -2.49. The summed E-state index contributed by atoms with van der Waals surface area (Å²) in [5.74, 6) is -5.85. The summed E-state index contributed by atoms with van der Waals surface area (Å²) < 4.78 is 62.8. The summed E-state index contributed by atoms with van der Waals surface area (Å²) in [5, 5.41) is 3.24. The van der Waals surface area contributed by atoms with Crippen LogP contribution >= 0.6 is 11.6 Å². The largest absolute Gasteiger partial charge is 0.494 e. The summed E-state index contributed by atoms with van der Waals surface area (Å²) in [6, 6.07) is 19.0. The van der Waals surface area contributed by atoms with Crippen LogP contribution in [0.25, 0.3) is 0 Å². The van der Waals surface area contributed by atoms with Crippen molar-refractivity contribution in [2.24, 2.45) is 0 Å². The third-order valence-electron chi connectivity index (χ3n) is 6.18. The number of carbonyl (C=O) groups is 1. The molecule has 0 fully saturated rings. The van der Waals surface area contributed by atoms with E-state index < -0.39 is 34.6 Å². The number of hydrogen-bond acceptors (Lipinski definition) is 3. The van der Waals surface area contributed by atoms with E-state index in [0.717, 1.165) is 23.8 Å². The van der Waals surface area contributed by atoms with Crippen LogP contribution in [-0.2, 0) is 17.9 Å². The highest BCUT2D eigenvalue weighted by atomic mass is 35.5. The summed E-state index contributed by atoms with van der Waals surface area (Å²) in [6.07, 6.45) is 1.49. The maximum atomic E-state index is 14.9. The second-order valence-corrected chi connectivity index (χ2v) is 9.51. The second kappa shape index (κ2) is 11.5. The van der Waals surface area contributed by atoms with Gasteiger partial charge in [-0.3, -0.25) is 9.78 Å². The zero-order valence-corrected chi connectivity index (χ0v) is 21.9. The zero-order valence-electron chi connectivity index (χ0n) is 21.2. The first-order chi connectivity index (χ1) is 18.5. The molecule has 0 aliphatic heterocycles. The van der Waals surface area contributed by atoms with Gasteiger partial charge in [0.2, 0.25) is 0 Å². The number of nitrogens with zero attached hydrogens (tertiary/aromatic N) is 1. The lowest BCUT2D eigenvalue weighted by molar-refractivity contribution is 0.0137. The van der Waals surface area contributed by atoms with Gasteiger partial charge in [0.25, 0.3) is 11.8 Å². The number of hydrogen-bond donors (Lipinski definition) is 1. The van der Waals surface area contributed by atoms with Crippen molar-refractivity contribution < 1.29 is 27.1 Å². The predicted molar refractivity (Wildman–Crippen MR) is 141 cm³/mol. The molecule has 3 aromatic carbocycles. The van der Waals surface area contributed by atoms with E-state index in [0.29, 0.717) is 23.2 Å². The molecule has 1 amide bonds. The van der Waals surface area contributed by atoms with Crippen molar-refractivity contribution in [1.29, 1.82) is 0 Å². The highest BCUT2D eigenvalue weighted by Gasteiger charge is 2.39. The van der Waals surface area contributed by atoms with Crippen LogP contribution in [0.5, 0.6) is 5.75 Å². The van der Waals surface area contributed by atoms with Gasteiger partial charge in [-0.2, -0.15) is 0 Å². The molecule has 4 aromatic rings. The van der Waals surface area contributed by atoms with E-state index >= 15 is 0 Å². The molecular weight excluding hydrogens is 532 g/mol.